The minimum atomic E-state index is -4.91. The van der Waals surface area contributed by atoms with E-state index in [4.69, 9.17) is 6.42 Å². The molecule has 2 aromatic heterocycles. The summed E-state index contributed by atoms with van der Waals surface area (Å²) in [6.45, 7) is 6.34. The van der Waals surface area contributed by atoms with Gasteiger partial charge >= 0.3 is 12.1 Å². The summed E-state index contributed by atoms with van der Waals surface area (Å²) < 4.78 is 89.6. The molecule has 0 aliphatic heterocycles. The number of terminal acetylenes is 1. The highest BCUT2D eigenvalue weighted by Gasteiger charge is 2.36. The van der Waals surface area contributed by atoms with E-state index in [-0.39, 0.29) is 53.0 Å². The van der Waals surface area contributed by atoms with Gasteiger partial charge in [-0.3, -0.25) is 19.4 Å². The molecule has 0 bridgehead atoms. The lowest BCUT2D eigenvalue weighted by atomic mass is 9.89. The van der Waals surface area contributed by atoms with Gasteiger partial charge in [-0.15, -0.1) is 6.42 Å². The first-order valence-electron chi connectivity index (χ1n) is 15.9. The number of pyridine rings is 2. The van der Waals surface area contributed by atoms with Crippen molar-refractivity contribution in [3.63, 3.8) is 0 Å². The maximum absolute atomic E-state index is 16.5. The molecule has 1 amide bonds. The lowest BCUT2D eigenvalue weighted by molar-refractivity contribution is -0.139. The Kier molecular flexibility index (Phi) is 11.8. The van der Waals surface area contributed by atoms with Crippen LogP contribution in [0.1, 0.15) is 77.8 Å². The smallest absolute Gasteiger partial charge is 0.416 e. The molecule has 2 heterocycles. The monoisotopic (exact) mass is 711 g/mol. The fourth-order valence-corrected chi connectivity index (χ4v) is 6.15. The van der Waals surface area contributed by atoms with Crippen LogP contribution >= 0.6 is 0 Å². The van der Waals surface area contributed by atoms with Crippen LogP contribution in [-0.4, -0.2) is 26.5 Å². The molecule has 4 aromatic rings. The second-order valence-electron chi connectivity index (χ2n) is 12.7. The van der Waals surface area contributed by atoms with E-state index >= 15 is 8.78 Å². The summed E-state index contributed by atoms with van der Waals surface area (Å²) in [7, 11) is 0. The average Bonchev–Trinajstić information content (AvgIpc) is 3.03. The van der Waals surface area contributed by atoms with Crippen LogP contribution in [0.15, 0.2) is 59.7 Å². The Balaban J connectivity index is 1.85. The van der Waals surface area contributed by atoms with Gasteiger partial charge in [0.25, 0.3) is 5.56 Å². The second-order valence-corrected chi connectivity index (χ2v) is 12.7. The molecular weight excluding hydrogens is 676 g/mol. The zero-order chi connectivity index (χ0) is 37.8. The molecule has 7 nitrogen and oxygen atoms in total. The normalized spacial score (nSPS) is 12.7. The van der Waals surface area contributed by atoms with Gasteiger partial charge in [0.05, 0.1) is 23.6 Å². The molecule has 0 fully saturated rings. The molecule has 0 aliphatic carbocycles. The fraction of sp³-hybridized carbons (Fsp3) is 0.316. The number of hydrogen-bond acceptors (Lipinski definition) is 4. The highest BCUT2D eigenvalue weighted by Crippen LogP contribution is 2.38. The number of carbonyl (C=O) groups excluding carboxylic acids is 1. The predicted molar refractivity (Wildman–Crippen MR) is 178 cm³/mol. The Hall–Kier alpha value is -5.38. The fourth-order valence-electron chi connectivity index (χ4n) is 6.15. The molecule has 0 unspecified atom stereocenters. The van der Waals surface area contributed by atoms with Crippen molar-refractivity contribution in [1.82, 2.24) is 14.9 Å². The largest absolute Gasteiger partial charge is 0.481 e. The lowest BCUT2D eigenvalue weighted by Gasteiger charge is -2.27. The second kappa shape index (κ2) is 15.7. The number of carboxylic acids is 1. The molecule has 13 heteroatoms. The van der Waals surface area contributed by atoms with Crippen LogP contribution < -0.4 is 10.9 Å². The number of aromatic nitrogens is 2. The minimum Gasteiger partial charge on any atom is -0.481 e. The number of rotatable bonds is 12. The number of aliphatic carboxylic acids is 1. The van der Waals surface area contributed by atoms with Gasteiger partial charge in [0.2, 0.25) is 5.91 Å². The van der Waals surface area contributed by atoms with Crippen LogP contribution in [0, 0.1) is 49.6 Å². The number of amides is 1. The molecule has 0 aliphatic rings. The van der Waals surface area contributed by atoms with Crippen molar-refractivity contribution in [2.75, 3.05) is 0 Å². The number of alkyl halides is 3. The Bertz CT molecular complexity index is 2030. The molecule has 0 spiro atoms. The first-order valence-corrected chi connectivity index (χ1v) is 15.9. The van der Waals surface area contributed by atoms with Crippen LogP contribution in [0.3, 0.4) is 0 Å². The summed E-state index contributed by atoms with van der Waals surface area (Å²) in [5.41, 5.74) is -3.11. The third-order valence-corrected chi connectivity index (χ3v) is 8.38. The van der Waals surface area contributed by atoms with Gasteiger partial charge in [0, 0.05) is 35.3 Å². The number of carboxylic acid groups (broad SMARTS) is 1. The standard InChI is InChI=1S/C38H35F6N3O4/c1-6-23-16-27(33-21(4)14-25(39)15-22(33)5)36(41)34(35(23)40)29(18-32(49)50)46-37(51)30(13-20(2)3)47-19-24(10-11-26-9-7-8-12-45-26)28(17-31(47)48)38(42,43)44/h1,7-9,12,14-17,19-20,29-30H,10-11,13,18H2,2-5H3,(H,46,51)(H,49,50)/t29-,30+/m0/s1. The summed E-state index contributed by atoms with van der Waals surface area (Å²) in [5, 5.41) is 12.1. The molecule has 2 aromatic carbocycles. The molecule has 0 saturated heterocycles. The number of aryl methyl sites for hydroxylation is 4. The minimum absolute atomic E-state index is 0.0727. The number of nitrogens with one attached hydrogen (secondary N) is 1. The number of hydrogen-bond donors (Lipinski definition) is 2. The van der Waals surface area contributed by atoms with E-state index in [1.807, 2.05) is 0 Å². The number of benzene rings is 2. The number of halogens is 6. The van der Waals surface area contributed by atoms with E-state index in [0.717, 1.165) is 29.0 Å². The topological polar surface area (TPSA) is 101 Å². The molecular formula is C38H35F6N3O4. The molecule has 0 saturated carbocycles. The number of nitrogens with zero attached hydrogens (tertiary/aromatic N) is 2. The van der Waals surface area contributed by atoms with E-state index in [0.29, 0.717) is 11.8 Å². The first-order chi connectivity index (χ1) is 23.9. The van der Waals surface area contributed by atoms with Crippen LogP contribution in [0.2, 0.25) is 0 Å². The summed E-state index contributed by atoms with van der Waals surface area (Å²) in [5.74, 6) is -4.08. The Morgan fingerprint density at radius 2 is 1.69 bits per heavy atom. The summed E-state index contributed by atoms with van der Waals surface area (Å²) in [6.07, 6.45) is 1.75. The quantitative estimate of drug-likeness (QED) is 0.116. The molecule has 268 valence electrons. The average molecular weight is 712 g/mol. The molecule has 51 heavy (non-hydrogen) atoms. The summed E-state index contributed by atoms with van der Waals surface area (Å²) >= 11 is 0. The van der Waals surface area contributed by atoms with Crippen LogP contribution in [-0.2, 0) is 28.6 Å². The van der Waals surface area contributed by atoms with Crippen molar-refractivity contribution in [2.45, 2.75) is 71.6 Å². The molecule has 2 atom stereocenters. The maximum atomic E-state index is 16.5. The van der Waals surface area contributed by atoms with E-state index in [1.165, 1.54) is 20.0 Å². The van der Waals surface area contributed by atoms with Crippen molar-refractivity contribution >= 4 is 11.9 Å². The van der Waals surface area contributed by atoms with Crippen molar-refractivity contribution in [3.05, 3.63) is 122 Å². The molecule has 2 N–H and O–H groups in total. The van der Waals surface area contributed by atoms with Crippen molar-refractivity contribution in [2.24, 2.45) is 5.92 Å². The molecule has 4 rings (SSSR count). The van der Waals surface area contributed by atoms with Crippen molar-refractivity contribution in [1.29, 1.82) is 0 Å². The van der Waals surface area contributed by atoms with Gasteiger partial charge in [0.1, 0.15) is 23.5 Å². The number of carbonyl (C=O) groups is 2. The van der Waals surface area contributed by atoms with Crippen LogP contribution in [0.4, 0.5) is 26.3 Å². The Morgan fingerprint density at radius 1 is 1.02 bits per heavy atom. The first kappa shape index (κ1) is 38.4. The summed E-state index contributed by atoms with van der Waals surface area (Å²) in [4.78, 5) is 43.4. The van der Waals surface area contributed by atoms with Crippen molar-refractivity contribution < 1.29 is 41.0 Å². The SMILES string of the molecule is C#Cc1cc(-c2c(C)cc(F)cc2C)c(F)c([C@H](CC(=O)O)NC(=O)[C@@H](CC(C)C)n2cc(CCc3ccccn3)c(C(F)(F)F)cc2=O)c1F. The third kappa shape index (κ3) is 8.86. The lowest BCUT2D eigenvalue weighted by Crippen LogP contribution is -2.41. The van der Waals surface area contributed by atoms with Crippen LogP contribution in [0.25, 0.3) is 11.1 Å². The van der Waals surface area contributed by atoms with Crippen molar-refractivity contribution in [3.8, 4) is 23.5 Å². The van der Waals surface area contributed by atoms with Gasteiger partial charge in [-0.05, 0) is 91.6 Å². The Morgan fingerprint density at radius 3 is 2.24 bits per heavy atom. The third-order valence-electron chi connectivity index (χ3n) is 8.38. The zero-order valence-electron chi connectivity index (χ0n) is 28.2. The zero-order valence-corrected chi connectivity index (χ0v) is 28.2. The van der Waals surface area contributed by atoms with Gasteiger partial charge in [-0.2, -0.15) is 13.2 Å². The summed E-state index contributed by atoms with van der Waals surface area (Å²) in [6, 6.07) is 5.18. The van der Waals surface area contributed by atoms with E-state index in [9.17, 15) is 37.1 Å². The van der Waals surface area contributed by atoms with Gasteiger partial charge in [-0.25, -0.2) is 13.2 Å². The van der Waals surface area contributed by atoms with Gasteiger partial charge in [-0.1, -0.05) is 25.8 Å². The maximum Gasteiger partial charge on any atom is 0.416 e. The predicted octanol–water partition coefficient (Wildman–Crippen LogP) is 7.65. The highest BCUT2D eigenvalue weighted by molar-refractivity contribution is 5.82. The van der Waals surface area contributed by atoms with Gasteiger partial charge < -0.3 is 15.0 Å². The van der Waals surface area contributed by atoms with Gasteiger partial charge in [0.15, 0.2) is 0 Å². The highest BCUT2D eigenvalue weighted by atomic mass is 19.4. The van der Waals surface area contributed by atoms with E-state index < -0.39 is 76.3 Å². The Labute approximate surface area is 290 Å². The van der Waals surface area contributed by atoms with E-state index in [1.54, 1.807) is 32.0 Å². The molecule has 0 radical (unpaired) electrons. The van der Waals surface area contributed by atoms with E-state index in [2.05, 4.69) is 16.2 Å². The van der Waals surface area contributed by atoms with Crippen LogP contribution in [0.5, 0.6) is 0 Å².